The highest BCUT2D eigenvalue weighted by molar-refractivity contribution is 6.32. The van der Waals surface area contributed by atoms with Crippen molar-refractivity contribution in [3.8, 4) is 11.5 Å². The molecule has 0 aromatic heterocycles. The Labute approximate surface area is 125 Å². The van der Waals surface area contributed by atoms with Gasteiger partial charge in [-0.2, -0.15) is 0 Å². The van der Waals surface area contributed by atoms with E-state index >= 15 is 0 Å². The van der Waals surface area contributed by atoms with Crippen LogP contribution in [0.2, 0.25) is 5.02 Å². The zero-order valence-corrected chi connectivity index (χ0v) is 12.5. The lowest BCUT2D eigenvalue weighted by Gasteiger charge is -2.22. The van der Waals surface area contributed by atoms with E-state index in [2.05, 4.69) is 5.32 Å². The highest BCUT2D eigenvalue weighted by atomic mass is 35.5. The molecule has 0 atom stereocenters. The summed E-state index contributed by atoms with van der Waals surface area (Å²) in [5, 5.41) is 4.20. The molecule has 1 aliphatic carbocycles. The number of hydrogen-bond donors (Lipinski definition) is 1. The van der Waals surface area contributed by atoms with E-state index in [9.17, 15) is 0 Å². The molecule has 0 saturated heterocycles. The van der Waals surface area contributed by atoms with Crippen LogP contribution in [-0.2, 0) is 6.54 Å². The number of hydrogen-bond acceptors (Lipinski definition) is 3. The molecular weight excluding hydrogens is 274 g/mol. The fourth-order valence-electron chi connectivity index (χ4n) is 3.08. The molecule has 3 rings (SSSR count). The smallest absolute Gasteiger partial charge is 0.179 e. The van der Waals surface area contributed by atoms with Gasteiger partial charge in [-0.3, -0.25) is 0 Å². The van der Waals surface area contributed by atoms with Gasteiger partial charge in [-0.05, 0) is 43.0 Å². The molecule has 1 fully saturated rings. The van der Waals surface area contributed by atoms with Gasteiger partial charge in [-0.1, -0.05) is 30.9 Å². The Morgan fingerprint density at radius 3 is 2.75 bits per heavy atom. The Bertz CT molecular complexity index is 458. The highest BCUT2D eigenvalue weighted by Gasteiger charge is 2.17. The number of nitrogens with one attached hydrogen (secondary N) is 1. The largest absolute Gasteiger partial charge is 0.486 e. The second-order valence-corrected chi connectivity index (χ2v) is 6.14. The average Bonchev–Trinajstić information content (AvgIpc) is 2.48. The Morgan fingerprint density at radius 1 is 1.10 bits per heavy atom. The molecule has 110 valence electrons. The molecular formula is C16H22ClNO2. The minimum absolute atomic E-state index is 0.575. The zero-order chi connectivity index (χ0) is 13.8. The third-order valence-corrected chi connectivity index (χ3v) is 4.42. The van der Waals surface area contributed by atoms with Gasteiger partial charge in [0.15, 0.2) is 11.5 Å². The first-order valence-electron chi connectivity index (χ1n) is 7.61. The molecule has 1 aromatic carbocycles. The van der Waals surface area contributed by atoms with Crippen LogP contribution in [0.15, 0.2) is 12.1 Å². The molecule has 0 amide bonds. The van der Waals surface area contributed by atoms with Gasteiger partial charge in [0.2, 0.25) is 0 Å². The lowest BCUT2D eigenvalue weighted by atomic mass is 9.89. The summed E-state index contributed by atoms with van der Waals surface area (Å²) in [6.45, 7) is 3.12. The van der Waals surface area contributed by atoms with Crippen LogP contribution in [0.5, 0.6) is 11.5 Å². The Balaban J connectivity index is 1.56. The Kier molecular flexibility index (Phi) is 4.69. The van der Waals surface area contributed by atoms with Crippen molar-refractivity contribution >= 4 is 11.6 Å². The Morgan fingerprint density at radius 2 is 1.90 bits per heavy atom. The SMILES string of the molecule is Clc1cc(CNCC2CCCCC2)cc2c1OCCO2. The fraction of sp³-hybridized carbons (Fsp3) is 0.625. The maximum absolute atomic E-state index is 6.24. The molecule has 0 bridgehead atoms. The van der Waals surface area contributed by atoms with E-state index in [1.54, 1.807) is 0 Å². The molecule has 1 heterocycles. The molecule has 0 unspecified atom stereocenters. The third kappa shape index (κ3) is 3.39. The monoisotopic (exact) mass is 295 g/mol. The second kappa shape index (κ2) is 6.68. The summed E-state index contributed by atoms with van der Waals surface area (Å²) < 4.78 is 11.1. The van der Waals surface area contributed by atoms with Crippen molar-refractivity contribution in [3.63, 3.8) is 0 Å². The number of fused-ring (bicyclic) bond motifs is 1. The average molecular weight is 296 g/mol. The standard InChI is InChI=1S/C16H22ClNO2/c17-14-8-13(9-15-16(14)20-7-6-19-15)11-18-10-12-4-2-1-3-5-12/h8-9,12,18H,1-7,10-11H2. The van der Waals surface area contributed by atoms with Crippen molar-refractivity contribution in [3.05, 3.63) is 22.7 Å². The lowest BCUT2D eigenvalue weighted by Crippen LogP contribution is -2.24. The minimum Gasteiger partial charge on any atom is -0.486 e. The van der Waals surface area contributed by atoms with Gasteiger partial charge >= 0.3 is 0 Å². The predicted octanol–water partition coefficient (Wildman–Crippen LogP) is 3.78. The van der Waals surface area contributed by atoms with Crippen molar-refractivity contribution < 1.29 is 9.47 Å². The number of halogens is 1. The quantitative estimate of drug-likeness (QED) is 0.917. The maximum atomic E-state index is 6.24. The summed E-state index contributed by atoms with van der Waals surface area (Å²) in [4.78, 5) is 0. The summed E-state index contributed by atoms with van der Waals surface area (Å²) in [6, 6.07) is 4.01. The molecule has 4 heteroatoms. The molecule has 1 aromatic rings. The summed E-state index contributed by atoms with van der Waals surface area (Å²) in [6.07, 6.45) is 6.93. The first-order chi connectivity index (χ1) is 9.83. The molecule has 1 aliphatic heterocycles. The van der Waals surface area contributed by atoms with Gasteiger partial charge in [0.05, 0.1) is 5.02 Å². The van der Waals surface area contributed by atoms with Gasteiger partial charge in [-0.15, -0.1) is 0 Å². The van der Waals surface area contributed by atoms with E-state index in [1.165, 1.54) is 32.1 Å². The predicted molar refractivity (Wildman–Crippen MR) is 80.7 cm³/mol. The fourth-order valence-corrected chi connectivity index (χ4v) is 3.37. The summed E-state index contributed by atoms with van der Waals surface area (Å²) in [5.41, 5.74) is 1.16. The first kappa shape index (κ1) is 14.0. The van der Waals surface area contributed by atoms with Crippen LogP contribution in [0.1, 0.15) is 37.7 Å². The van der Waals surface area contributed by atoms with Crippen molar-refractivity contribution in [1.82, 2.24) is 5.32 Å². The first-order valence-corrected chi connectivity index (χ1v) is 7.99. The van der Waals surface area contributed by atoms with E-state index in [-0.39, 0.29) is 0 Å². The molecule has 1 saturated carbocycles. The highest BCUT2D eigenvalue weighted by Crippen LogP contribution is 2.38. The van der Waals surface area contributed by atoms with Crippen molar-refractivity contribution in [2.24, 2.45) is 5.92 Å². The van der Waals surface area contributed by atoms with Gasteiger partial charge in [0.1, 0.15) is 13.2 Å². The van der Waals surface area contributed by atoms with E-state index in [0.29, 0.717) is 24.0 Å². The molecule has 1 N–H and O–H groups in total. The van der Waals surface area contributed by atoms with Crippen molar-refractivity contribution in [1.29, 1.82) is 0 Å². The summed E-state index contributed by atoms with van der Waals surface area (Å²) >= 11 is 6.24. The molecule has 0 spiro atoms. The molecule has 2 aliphatic rings. The maximum Gasteiger partial charge on any atom is 0.179 e. The van der Waals surface area contributed by atoms with Crippen molar-refractivity contribution in [2.75, 3.05) is 19.8 Å². The van der Waals surface area contributed by atoms with Crippen LogP contribution in [-0.4, -0.2) is 19.8 Å². The molecule has 3 nitrogen and oxygen atoms in total. The number of ether oxygens (including phenoxy) is 2. The van der Waals surface area contributed by atoms with E-state index in [1.807, 2.05) is 12.1 Å². The van der Waals surface area contributed by atoms with Gasteiger partial charge in [-0.25, -0.2) is 0 Å². The van der Waals surface area contributed by atoms with Crippen LogP contribution in [0.3, 0.4) is 0 Å². The topological polar surface area (TPSA) is 30.5 Å². The third-order valence-electron chi connectivity index (χ3n) is 4.14. The van der Waals surface area contributed by atoms with Gasteiger partial charge < -0.3 is 14.8 Å². The summed E-state index contributed by atoms with van der Waals surface area (Å²) in [7, 11) is 0. The van der Waals surface area contributed by atoms with Gasteiger partial charge in [0.25, 0.3) is 0 Å². The van der Waals surface area contributed by atoms with Crippen LogP contribution < -0.4 is 14.8 Å². The van der Waals surface area contributed by atoms with Crippen molar-refractivity contribution in [2.45, 2.75) is 38.6 Å². The van der Waals surface area contributed by atoms with Crippen LogP contribution in [0.25, 0.3) is 0 Å². The van der Waals surface area contributed by atoms with Crippen LogP contribution in [0, 0.1) is 5.92 Å². The van der Waals surface area contributed by atoms with Crippen LogP contribution >= 0.6 is 11.6 Å². The molecule has 20 heavy (non-hydrogen) atoms. The number of rotatable bonds is 4. The second-order valence-electron chi connectivity index (χ2n) is 5.74. The molecule has 0 radical (unpaired) electrons. The van der Waals surface area contributed by atoms with Crippen LogP contribution in [0.4, 0.5) is 0 Å². The minimum atomic E-state index is 0.575. The van der Waals surface area contributed by atoms with E-state index in [0.717, 1.165) is 30.3 Å². The van der Waals surface area contributed by atoms with E-state index < -0.39 is 0 Å². The normalized spacial score (nSPS) is 19.1. The zero-order valence-electron chi connectivity index (χ0n) is 11.8. The van der Waals surface area contributed by atoms with E-state index in [4.69, 9.17) is 21.1 Å². The Hall–Kier alpha value is -0.930. The van der Waals surface area contributed by atoms with Gasteiger partial charge in [0, 0.05) is 6.54 Å². The summed E-state index contributed by atoms with van der Waals surface area (Å²) in [5.74, 6) is 2.31. The number of benzene rings is 1. The lowest BCUT2D eigenvalue weighted by molar-refractivity contribution is 0.171.